The van der Waals surface area contributed by atoms with Gasteiger partial charge in [0.25, 0.3) is 0 Å². The monoisotopic (exact) mass is 239 g/mol. The molecule has 0 bridgehead atoms. The van der Waals surface area contributed by atoms with Gasteiger partial charge in [-0.05, 0) is 35.4 Å². The number of hydrogen-bond donors (Lipinski definition) is 1. The van der Waals surface area contributed by atoms with E-state index >= 15 is 0 Å². The van der Waals surface area contributed by atoms with Crippen LogP contribution in [0.2, 0.25) is 0 Å². The summed E-state index contributed by atoms with van der Waals surface area (Å²) in [7, 11) is 0. The molecule has 1 N–H and O–H groups in total. The maximum Gasteiger partial charge on any atom is 0.124 e. The average Bonchev–Trinajstić information content (AvgIpc) is 2.28. The number of benzene rings is 1. The van der Waals surface area contributed by atoms with E-state index < -0.39 is 0 Å². The van der Waals surface area contributed by atoms with Crippen LogP contribution in [0.15, 0.2) is 18.2 Å². The van der Waals surface area contributed by atoms with Crippen LogP contribution in [0.4, 0.5) is 4.39 Å². The smallest absolute Gasteiger partial charge is 0.124 e. The first kappa shape index (κ1) is 13.0. The molecule has 0 aliphatic rings. The minimum Gasteiger partial charge on any atom is -0.396 e. The molecular weight excluding hydrogens is 225 g/mol. The fraction of sp³-hybridized carbons (Fsp3) is 0.417. The van der Waals surface area contributed by atoms with E-state index in [1.807, 2.05) is 13.0 Å². The summed E-state index contributed by atoms with van der Waals surface area (Å²) in [5, 5.41) is 17.5. The maximum atomic E-state index is 13.1. The van der Waals surface area contributed by atoms with E-state index in [1.165, 1.54) is 12.1 Å². The van der Waals surface area contributed by atoms with Crippen LogP contribution in [0.5, 0.6) is 0 Å². The van der Waals surface area contributed by atoms with Crippen molar-refractivity contribution >= 4 is 11.8 Å². The largest absolute Gasteiger partial charge is 0.396 e. The molecule has 0 amide bonds. The van der Waals surface area contributed by atoms with Crippen LogP contribution in [0.25, 0.3) is 0 Å². The van der Waals surface area contributed by atoms with Gasteiger partial charge in [0, 0.05) is 12.4 Å². The lowest BCUT2D eigenvalue weighted by atomic mass is 10.1. The number of aliphatic hydroxyl groups is 1. The van der Waals surface area contributed by atoms with Crippen LogP contribution in [-0.2, 0) is 5.75 Å². The van der Waals surface area contributed by atoms with Crippen molar-refractivity contribution in [2.75, 3.05) is 12.4 Å². The lowest BCUT2D eigenvalue weighted by Gasteiger charge is -2.07. The van der Waals surface area contributed by atoms with E-state index in [1.54, 1.807) is 17.8 Å². The van der Waals surface area contributed by atoms with Gasteiger partial charge in [0.2, 0.25) is 0 Å². The summed E-state index contributed by atoms with van der Waals surface area (Å²) in [6, 6.07) is 6.29. The lowest BCUT2D eigenvalue weighted by Crippen LogP contribution is -2.03. The van der Waals surface area contributed by atoms with Crippen molar-refractivity contribution < 1.29 is 9.50 Å². The number of hydrogen-bond acceptors (Lipinski definition) is 3. The third-order valence-electron chi connectivity index (χ3n) is 2.07. The number of halogens is 1. The molecule has 0 saturated heterocycles. The zero-order chi connectivity index (χ0) is 12.0. The quantitative estimate of drug-likeness (QED) is 0.858. The van der Waals surface area contributed by atoms with Crippen LogP contribution in [-0.4, -0.2) is 17.5 Å². The summed E-state index contributed by atoms with van der Waals surface area (Å²) in [5.74, 6) is 1.37. The molecule has 4 heteroatoms. The van der Waals surface area contributed by atoms with Gasteiger partial charge in [0.1, 0.15) is 5.82 Å². The molecule has 0 fully saturated rings. The highest BCUT2D eigenvalue weighted by Crippen LogP contribution is 2.17. The Hall–Kier alpha value is -1.05. The van der Waals surface area contributed by atoms with Crippen LogP contribution in [0, 0.1) is 23.1 Å². The molecule has 1 aromatic rings. The van der Waals surface area contributed by atoms with Crippen molar-refractivity contribution in [3.05, 3.63) is 35.1 Å². The van der Waals surface area contributed by atoms with Gasteiger partial charge in [-0.1, -0.05) is 6.92 Å². The number of aliphatic hydroxyl groups excluding tert-OH is 1. The molecule has 1 atom stereocenters. The van der Waals surface area contributed by atoms with Gasteiger partial charge in [-0.3, -0.25) is 0 Å². The number of nitrogens with zero attached hydrogens (tertiary/aromatic N) is 1. The van der Waals surface area contributed by atoms with Crippen LogP contribution in [0.1, 0.15) is 18.1 Å². The molecule has 0 aliphatic heterocycles. The van der Waals surface area contributed by atoms with Crippen LogP contribution < -0.4 is 0 Å². The average molecular weight is 239 g/mol. The first-order chi connectivity index (χ1) is 7.65. The Morgan fingerprint density at radius 2 is 2.25 bits per heavy atom. The van der Waals surface area contributed by atoms with Gasteiger partial charge in [-0.25, -0.2) is 4.39 Å². The van der Waals surface area contributed by atoms with Crippen LogP contribution in [0.3, 0.4) is 0 Å². The number of nitriles is 1. The third-order valence-corrected chi connectivity index (χ3v) is 3.41. The second-order valence-corrected chi connectivity index (χ2v) is 4.79. The van der Waals surface area contributed by atoms with Gasteiger partial charge < -0.3 is 5.11 Å². The Labute approximate surface area is 99.1 Å². The van der Waals surface area contributed by atoms with Crippen molar-refractivity contribution in [2.24, 2.45) is 5.92 Å². The highest BCUT2D eigenvalue weighted by molar-refractivity contribution is 7.98. The topological polar surface area (TPSA) is 44.0 Å². The molecule has 2 nitrogen and oxygen atoms in total. The van der Waals surface area contributed by atoms with E-state index in [0.717, 1.165) is 11.3 Å². The summed E-state index contributed by atoms with van der Waals surface area (Å²) in [6.45, 7) is 2.12. The Bertz CT molecular complexity index is 389. The summed E-state index contributed by atoms with van der Waals surface area (Å²) in [5.41, 5.74) is 1.16. The zero-order valence-corrected chi connectivity index (χ0v) is 9.93. The predicted molar refractivity (Wildman–Crippen MR) is 63.5 cm³/mol. The lowest BCUT2D eigenvalue weighted by molar-refractivity contribution is 0.250. The molecule has 0 radical (unpaired) electrons. The molecule has 0 spiro atoms. The molecule has 1 aromatic carbocycles. The first-order valence-corrected chi connectivity index (χ1v) is 6.19. The van der Waals surface area contributed by atoms with Gasteiger partial charge in [-0.15, -0.1) is 0 Å². The Morgan fingerprint density at radius 1 is 1.50 bits per heavy atom. The second-order valence-electron chi connectivity index (χ2n) is 3.76. The van der Waals surface area contributed by atoms with Crippen molar-refractivity contribution in [2.45, 2.75) is 12.7 Å². The highest BCUT2D eigenvalue weighted by atomic mass is 32.2. The Balaban J connectivity index is 2.54. The summed E-state index contributed by atoms with van der Waals surface area (Å²) >= 11 is 1.63. The van der Waals surface area contributed by atoms with Crippen molar-refractivity contribution in [3.63, 3.8) is 0 Å². The first-order valence-electron chi connectivity index (χ1n) is 5.04. The van der Waals surface area contributed by atoms with E-state index in [2.05, 4.69) is 0 Å². The van der Waals surface area contributed by atoms with Gasteiger partial charge in [-0.2, -0.15) is 17.0 Å². The highest BCUT2D eigenvalue weighted by Gasteiger charge is 2.03. The summed E-state index contributed by atoms with van der Waals surface area (Å²) in [6.07, 6.45) is 0. The van der Waals surface area contributed by atoms with Crippen LogP contribution >= 0.6 is 11.8 Å². The number of rotatable bonds is 5. The molecular formula is C12H14FNOS. The summed E-state index contributed by atoms with van der Waals surface area (Å²) < 4.78 is 13.1. The molecule has 0 aromatic heterocycles. The predicted octanol–water partition coefficient (Wildman–Crippen LogP) is 2.56. The summed E-state index contributed by atoms with van der Waals surface area (Å²) in [4.78, 5) is 0. The van der Waals surface area contributed by atoms with Crippen molar-refractivity contribution in [3.8, 4) is 6.07 Å². The fourth-order valence-corrected chi connectivity index (χ4v) is 2.26. The minimum absolute atomic E-state index is 0.166. The molecule has 0 aliphatic carbocycles. The van der Waals surface area contributed by atoms with Crippen molar-refractivity contribution in [1.29, 1.82) is 5.26 Å². The molecule has 0 saturated carbocycles. The molecule has 16 heavy (non-hydrogen) atoms. The fourth-order valence-electron chi connectivity index (χ4n) is 1.23. The molecule has 1 unspecified atom stereocenters. The number of thioether (sulfide) groups is 1. The molecule has 1 rings (SSSR count). The maximum absolute atomic E-state index is 13.1. The van der Waals surface area contributed by atoms with E-state index in [9.17, 15) is 4.39 Å². The van der Waals surface area contributed by atoms with E-state index in [4.69, 9.17) is 10.4 Å². The Kier molecular flexibility index (Phi) is 5.30. The van der Waals surface area contributed by atoms with Gasteiger partial charge in [0.15, 0.2) is 0 Å². The Morgan fingerprint density at radius 3 is 2.88 bits per heavy atom. The normalized spacial score (nSPS) is 12.1. The zero-order valence-electron chi connectivity index (χ0n) is 9.11. The van der Waals surface area contributed by atoms with E-state index in [-0.39, 0.29) is 18.3 Å². The van der Waals surface area contributed by atoms with Crippen molar-refractivity contribution in [1.82, 2.24) is 0 Å². The van der Waals surface area contributed by atoms with E-state index in [0.29, 0.717) is 11.3 Å². The van der Waals surface area contributed by atoms with Gasteiger partial charge >= 0.3 is 0 Å². The third kappa shape index (κ3) is 4.21. The minimum atomic E-state index is -0.371. The van der Waals surface area contributed by atoms with Gasteiger partial charge in [0.05, 0.1) is 11.6 Å². The molecule has 86 valence electrons. The standard InChI is InChI=1S/C12H14FNOS/c1-9(6-15)7-16-8-11-2-10(5-14)3-12(13)4-11/h2-4,9,15H,6-8H2,1H3. The second kappa shape index (κ2) is 6.51. The molecule has 0 heterocycles. The SMILES string of the molecule is CC(CO)CSCc1cc(F)cc(C#N)c1.